The summed E-state index contributed by atoms with van der Waals surface area (Å²) in [6.45, 7) is 1.86. The predicted molar refractivity (Wildman–Crippen MR) is 84.7 cm³/mol. The SMILES string of the molecule is Cc1cccc(N)c1NC(=O)Nc1cc(Cl)ccc1Cl. The third-order valence-electron chi connectivity index (χ3n) is 2.72. The van der Waals surface area contributed by atoms with Crippen LogP contribution in [0.25, 0.3) is 0 Å². The summed E-state index contributed by atoms with van der Waals surface area (Å²) in [5, 5.41) is 6.22. The smallest absolute Gasteiger partial charge is 0.323 e. The first-order valence-corrected chi connectivity index (χ1v) is 6.61. The minimum atomic E-state index is -0.435. The van der Waals surface area contributed by atoms with Crippen LogP contribution >= 0.6 is 23.2 Å². The minimum absolute atomic E-state index is 0.405. The van der Waals surface area contributed by atoms with Gasteiger partial charge < -0.3 is 16.4 Å². The highest BCUT2D eigenvalue weighted by molar-refractivity contribution is 6.35. The highest BCUT2D eigenvalue weighted by atomic mass is 35.5. The van der Waals surface area contributed by atoms with Gasteiger partial charge >= 0.3 is 6.03 Å². The zero-order valence-electron chi connectivity index (χ0n) is 10.7. The van der Waals surface area contributed by atoms with E-state index in [4.69, 9.17) is 28.9 Å². The van der Waals surface area contributed by atoms with Gasteiger partial charge in [-0.2, -0.15) is 0 Å². The van der Waals surface area contributed by atoms with Gasteiger partial charge in [-0.3, -0.25) is 0 Å². The molecule has 104 valence electrons. The zero-order chi connectivity index (χ0) is 14.7. The first kappa shape index (κ1) is 14.5. The maximum Gasteiger partial charge on any atom is 0.323 e. The molecule has 4 nitrogen and oxygen atoms in total. The summed E-state index contributed by atoms with van der Waals surface area (Å²) in [4.78, 5) is 12.0. The molecule has 0 radical (unpaired) electrons. The molecule has 20 heavy (non-hydrogen) atoms. The molecule has 0 aliphatic rings. The van der Waals surface area contributed by atoms with Crippen molar-refractivity contribution in [1.82, 2.24) is 0 Å². The first-order valence-electron chi connectivity index (χ1n) is 5.85. The quantitative estimate of drug-likeness (QED) is 0.713. The van der Waals surface area contributed by atoms with Gasteiger partial charge in [0, 0.05) is 5.02 Å². The standard InChI is InChI=1S/C14H13Cl2N3O/c1-8-3-2-4-11(17)13(8)19-14(20)18-12-7-9(15)5-6-10(12)16/h2-7H,17H2,1H3,(H2,18,19,20). The van der Waals surface area contributed by atoms with E-state index in [0.717, 1.165) is 5.56 Å². The molecule has 0 aliphatic carbocycles. The molecule has 2 aromatic rings. The number of hydrogen-bond acceptors (Lipinski definition) is 2. The monoisotopic (exact) mass is 309 g/mol. The van der Waals surface area contributed by atoms with Gasteiger partial charge in [0.15, 0.2) is 0 Å². The van der Waals surface area contributed by atoms with Crippen molar-refractivity contribution in [3.8, 4) is 0 Å². The van der Waals surface area contributed by atoms with Crippen LogP contribution in [0.4, 0.5) is 21.9 Å². The number of nitrogen functional groups attached to an aromatic ring is 1. The van der Waals surface area contributed by atoms with Crippen molar-refractivity contribution in [2.45, 2.75) is 6.92 Å². The number of carbonyl (C=O) groups is 1. The number of nitrogens with two attached hydrogens (primary N) is 1. The lowest BCUT2D eigenvalue weighted by Gasteiger charge is -2.13. The number of urea groups is 1. The lowest BCUT2D eigenvalue weighted by molar-refractivity contribution is 0.262. The van der Waals surface area contributed by atoms with Crippen LogP contribution in [0, 0.1) is 6.92 Å². The number of nitrogens with one attached hydrogen (secondary N) is 2. The third-order valence-corrected chi connectivity index (χ3v) is 3.28. The second kappa shape index (κ2) is 6.03. The molecule has 0 fully saturated rings. The van der Waals surface area contributed by atoms with E-state index in [0.29, 0.717) is 27.1 Å². The van der Waals surface area contributed by atoms with Crippen molar-refractivity contribution in [1.29, 1.82) is 0 Å². The summed E-state index contributed by atoms with van der Waals surface area (Å²) in [7, 11) is 0. The number of halogens is 2. The van der Waals surface area contributed by atoms with Crippen molar-refractivity contribution in [3.63, 3.8) is 0 Å². The average Bonchev–Trinajstić information content (AvgIpc) is 2.38. The van der Waals surface area contributed by atoms with Gasteiger partial charge in [-0.1, -0.05) is 35.3 Å². The van der Waals surface area contributed by atoms with Crippen molar-refractivity contribution < 1.29 is 4.79 Å². The van der Waals surface area contributed by atoms with Crippen molar-refractivity contribution >= 4 is 46.3 Å². The molecule has 4 N–H and O–H groups in total. The second-order valence-corrected chi connectivity index (χ2v) is 5.09. The number of anilines is 3. The molecule has 0 bridgehead atoms. The van der Waals surface area contributed by atoms with Crippen LogP contribution < -0.4 is 16.4 Å². The van der Waals surface area contributed by atoms with Gasteiger partial charge in [-0.15, -0.1) is 0 Å². The minimum Gasteiger partial charge on any atom is -0.397 e. The normalized spacial score (nSPS) is 10.2. The number of para-hydroxylation sites is 1. The fraction of sp³-hybridized carbons (Fsp3) is 0.0714. The summed E-state index contributed by atoms with van der Waals surface area (Å²) in [6.07, 6.45) is 0. The van der Waals surface area contributed by atoms with E-state index < -0.39 is 6.03 Å². The molecule has 0 unspecified atom stereocenters. The Balaban J connectivity index is 2.15. The molecule has 0 heterocycles. The fourth-order valence-electron chi connectivity index (χ4n) is 1.72. The molecule has 2 amide bonds. The summed E-state index contributed by atoms with van der Waals surface area (Å²) in [5.41, 5.74) is 8.20. The van der Waals surface area contributed by atoms with Crippen LogP contribution in [0.3, 0.4) is 0 Å². The summed E-state index contributed by atoms with van der Waals surface area (Å²) in [6, 6.07) is 9.79. The maximum atomic E-state index is 12.0. The molecule has 0 saturated heterocycles. The van der Waals surface area contributed by atoms with Crippen LogP contribution in [0.5, 0.6) is 0 Å². The molecule has 6 heteroatoms. The van der Waals surface area contributed by atoms with Crippen LogP contribution in [-0.4, -0.2) is 6.03 Å². The maximum absolute atomic E-state index is 12.0. The van der Waals surface area contributed by atoms with E-state index in [1.807, 2.05) is 19.1 Å². The lowest BCUT2D eigenvalue weighted by Crippen LogP contribution is -2.21. The van der Waals surface area contributed by atoms with Crippen LogP contribution in [-0.2, 0) is 0 Å². The predicted octanol–water partition coefficient (Wildman–Crippen LogP) is 4.53. The Kier molecular flexibility index (Phi) is 4.37. The van der Waals surface area contributed by atoms with Gasteiger partial charge in [0.2, 0.25) is 0 Å². The van der Waals surface area contributed by atoms with Gasteiger partial charge in [0.25, 0.3) is 0 Å². The Morgan fingerprint density at radius 1 is 1.15 bits per heavy atom. The Labute approximate surface area is 126 Å². The van der Waals surface area contributed by atoms with Gasteiger partial charge in [0.1, 0.15) is 0 Å². The molecular formula is C14H13Cl2N3O. The molecule has 0 aromatic heterocycles. The number of amides is 2. The van der Waals surface area contributed by atoms with E-state index in [1.165, 1.54) is 0 Å². The number of carbonyl (C=O) groups excluding carboxylic acids is 1. The van der Waals surface area contributed by atoms with E-state index in [2.05, 4.69) is 10.6 Å². The van der Waals surface area contributed by atoms with Gasteiger partial charge in [-0.05, 0) is 36.8 Å². The summed E-state index contributed by atoms with van der Waals surface area (Å²) >= 11 is 11.8. The average molecular weight is 310 g/mol. The topological polar surface area (TPSA) is 67.1 Å². The van der Waals surface area contributed by atoms with Crippen molar-refractivity contribution in [2.75, 3.05) is 16.4 Å². The molecule has 0 spiro atoms. The highest BCUT2D eigenvalue weighted by Gasteiger charge is 2.09. The number of aryl methyl sites for hydroxylation is 1. The van der Waals surface area contributed by atoms with E-state index in [-0.39, 0.29) is 0 Å². The zero-order valence-corrected chi connectivity index (χ0v) is 12.2. The molecule has 0 aliphatic heterocycles. The lowest BCUT2D eigenvalue weighted by atomic mass is 10.2. The summed E-state index contributed by atoms with van der Waals surface area (Å²) in [5.74, 6) is 0. The largest absolute Gasteiger partial charge is 0.397 e. The number of hydrogen-bond donors (Lipinski definition) is 3. The third kappa shape index (κ3) is 3.35. The Bertz CT molecular complexity index is 639. The van der Waals surface area contributed by atoms with Crippen LogP contribution in [0.2, 0.25) is 10.0 Å². The number of rotatable bonds is 2. The van der Waals surface area contributed by atoms with Crippen LogP contribution in [0.1, 0.15) is 5.56 Å². The van der Waals surface area contributed by atoms with Gasteiger partial charge in [0.05, 0.1) is 22.1 Å². The summed E-state index contributed by atoms with van der Waals surface area (Å²) < 4.78 is 0. The van der Waals surface area contributed by atoms with E-state index in [9.17, 15) is 4.79 Å². The molecular weight excluding hydrogens is 297 g/mol. The fourth-order valence-corrected chi connectivity index (χ4v) is 2.06. The highest BCUT2D eigenvalue weighted by Crippen LogP contribution is 2.26. The molecule has 0 atom stereocenters. The Morgan fingerprint density at radius 3 is 2.60 bits per heavy atom. The van der Waals surface area contributed by atoms with E-state index in [1.54, 1.807) is 24.3 Å². The first-order chi connectivity index (χ1) is 9.47. The molecule has 2 rings (SSSR count). The van der Waals surface area contributed by atoms with Crippen molar-refractivity contribution in [3.05, 3.63) is 52.0 Å². The Hall–Kier alpha value is -1.91. The van der Waals surface area contributed by atoms with Crippen LogP contribution in [0.15, 0.2) is 36.4 Å². The molecule has 2 aromatic carbocycles. The van der Waals surface area contributed by atoms with E-state index >= 15 is 0 Å². The van der Waals surface area contributed by atoms with Crippen molar-refractivity contribution in [2.24, 2.45) is 0 Å². The van der Waals surface area contributed by atoms with Gasteiger partial charge in [-0.25, -0.2) is 4.79 Å². The molecule has 0 saturated carbocycles. The second-order valence-electron chi connectivity index (χ2n) is 4.24. The number of benzene rings is 2. The Morgan fingerprint density at radius 2 is 1.90 bits per heavy atom.